The molecule has 0 aliphatic carbocycles. The summed E-state index contributed by atoms with van der Waals surface area (Å²) in [5, 5.41) is 7.98. The molecule has 0 saturated carbocycles. The lowest BCUT2D eigenvalue weighted by molar-refractivity contribution is -0.109. The first-order valence-electron chi connectivity index (χ1n) is 1.63. The third-order valence-electron chi connectivity index (χ3n) is 0.386. The summed E-state index contributed by atoms with van der Waals surface area (Å²) in [5.74, 6) is 0. The second-order valence-electron chi connectivity index (χ2n) is 0.983. The van der Waals surface area contributed by atoms with Crippen LogP contribution in [0.15, 0.2) is 0 Å². The second-order valence-corrected chi connectivity index (χ2v) is 0.983. The molecule has 9 heavy (non-hydrogen) atoms. The molecule has 0 bridgehead atoms. The quantitative estimate of drug-likeness (QED) is 0.547. The molecule has 0 aliphatic heterocycles. The number of carbonyl (C=O) groups is 1. The molecule has 0 fully saturated rings. The van der Waals surface area contributed by atoms with Gasteiger partial charge in [0.05, 0.1) is 12.6 Å². The first-order valence-corrected chi connectivity index (χ1v) is 1.63. The van der Waals surface area contributed by atoms with Crippen molar-refractivity contribution >= 4 is 19.8 Å². The fourth-order valence-electron chi connectivity index (χ4n) is 0.0430. The summed E-state index contributed by atoms with van der Waals surface area (Å²) >= 11 is 0. The van der Waals surface area contributed by atoms with E-state index in [0.717, 1.165) is 0 Å². The van der Waals surface area contributed by atoms with Crippen LogP contribution in [-0.4, -0.2) is 24.0 Å². The van der Waals surface area contributed by atoms with Crippen LogP contribution in [0.4, 0.5) is 0 Å². The fraction of sp³-hybridized carbons (Fsp3) is 0.800. The molecule has 0 unspecified atom stereocenters. The number of hydrogen-bond acceptors (Lipinski definition) is 3. The van der Waals surface area contributed by atoms with Gasteiger partial charge in [0, 0.05) is 0 Å². The van der Waals surface area contributed by atoms with Crippen molar-refractivity contribution in [2.45, 2.75) is 20.9 Å². The van der Waals surface area contributed by atoms with Gasteiger partial charge in [-0.25, -0.2) is 0 Å². The molecular weight excluding hydrogens is 138 g/mol. The Morgan fingerprint density at radius 1 is 1.56 bits per heavy atom. The van der Waals surface area contributed by atoms with Crippen molar-refractivity contribution in [2.24, 2.45) is 5.73 Å². The lowest BCUT2D eigenvalue weighted by atomic mass is 10.4. The van der Waals surface area contributed by atoms with Crippen molar-refractivity contribution in [3.8, 4) is 0 Å². The van der Waals surface area contributed by atoms with E-state index in [2.05, 4.69) is 0 Å². The Morgan fingerprint density at radius 3 is 1.89 bits per heavy atom. The number of carbonyl (C=O) groups excluding carboxylic acids is 1. The van der Waals surface area contributed by atoms with Gasteiger partial charge in [-0.1, -0.05) is 14.9 Å². The van der Waals surface area contributed by atoms with Gasteiger partial charge in [0.1, 0.15) is 6.29 Å². The predicted molar refractivity (Wildman–Crippen MR) is 45.0 cm³/mol. The summed E-state index contributed by atoms with van der Waals surface area (Å²) in [4.78, 5) is 9.45. The lowest BCUT2D eigenvalue weighted by Crippen LogP contribution is -2.25. The predicted octanol–water partition coefficient (Wildman–Crippen LogP) is -0.110. The molecule has 0 rings (SSSR count). The molecule has 0 aromatic heterocycles. The Bertz CT molecular complexity index is 52.2. The monoisotopic (exact) mass is 155 g/mol. The first-order chi connectivity index (χ1) is 2.81. The highest BCUT2D eigenvalue weighted by Crippen LogP contribution is 1.60. The van der Waals surface area contributed by atoms with Crippen LogP contribution in [0.3, 0.4) is 0 Å². The minimum atomic E-state index is -0.690. The number of rotatable bonds is 2. The van der Waals surface area contributed by atoms with Crippen molar-refractivity contribution in [1.82, 2.24) is 0 Å². The third kappa shape index (κ3) is 18.0. The Morgan fingerprint density at radius 2 is 1.89 bits per heavy atom. The van der Waals surface area contributed by atoms with E-state index in [9.17, 15) is 4.79 Å². The molecule has 3 N–H and O–H groups in total. The summed E-state index contributed by atoms with van der Waals surface area (Å²) in [5.41, 5.74) is 4.85. The highest BCUT2D eigenvalue weighted by atomic mass is 32.1. The molecule has 0 aromatic rings. The highest BCUT2D eigenvalue weighted by Gasteiger charge is 1.90. The topological polar surface area (TPSA) is 63.3 Å². The van der Waals surface area contributed by atoms with Gasteiger partial charge in [-0.15, -0.1) is 0 Å². The van der Waals surface area contributed by atoms with Crippen molar-refractivity contribution in [2.75, 3.05) is 6.61 Å². The minimum Gasteiger partial charge on any atom is -0.394 e. The normalized spacial score (nSPS) is 9.11. The molecule has 0 heterocycles. The summed E-state index contributed by atoms with van der Waals surface area (Å²) < 4.78 is 0. The SMILES string of the molecule is C.C.N[C@H](C=O)CO.S. The van der Waals surface area contributed by atoms with Gasteiger partial charge in [0.2, 0.25) is 0 Å². The van der Waals surface area contributed by atoms with Crippen molar-refractivity contribution in [3.05, 3.63) is 0 Å². The maximum Gasteiger partial charge on any atom is 0.139 e. The van der Waals surface area contributed by atoms with Gasteiger partial charge < -0.3 is 15.6 Å². The first kappa shape index (κ1) is 23.1. The molecule has 60 valence electrons. The molecule has 0 spiro atoms. The van der Waals surface area contributed by atoms with E-state index in [1.165, 1.54) is 0 Å². The van der Waals surface area contributed by atoms with Crippen LogP contribution in [0.5, 0.6) is 0 Å². The van der Waals surface area contributed by atoms with Gasteiger partial charge in [0.15, 0.2) is 0 Å². The largest absolute Gasteiger partial charge is 0.394 e. The average molecular weight is 155 g/mol. The van der Waals surface area contributed by atoms with Gasteiger partial charge in [-0.05, 0) is 0 Å². The zero-order valence-corrected chi connectivity index (χ0v) is 4.79. The molecular formula is C5H17NO2S. The van der Waals surface area contributed by atoms with E-state index in [1.54, 1.807) is 0 Å². The van der Waals surface area contributed by atoms with Gasteiger partial charge in [-0.2, -0.15) is 13.5 Å². The van der Waals surface area contributed by atoms with Gasteiger partial charge in [0.25, 0.3) is 0 Å². The van der Waals surface area contributed by atoms with E-state index in [1.807, 2.05) is 0 Å². The Hall–Kier alpha value is -0.0600. The molecule has 0 saturated heterocycles. The maximum absolute atomic E-state index is 9.45. The van der Waals surface area contributed by atoms with Crippen LogP contribution < -0.4 is 5.73 Å². The van der Waals surface area contributed by atoms with E-state index in [0.29, 0.717) is 6.29 Å². The molecule has 0 amide bonds. The van der Waals surface area contributed by atoms with Crippen LogP contribution in [0.25, 0.3) is 0 Å². The summed E-state index contributed by atoms with van der Waals surface area (Å²) in [6.45, 7) is -0.260. The molecule has 1 atom stereocenters. The molecule has 0 radical (unpaired) electrons. The molecule has 0 aliphatic rings. The number of aliphatic hydroxyl groups excluding tert-OH is 1. The molecule has 0 aromatic carbocycles. The molecule has 4 heteroatoms. The van der Waals surface area contributed by atoms with Crippen LogP contribution in [0, 0.1) is 0 Å². The second kappa shape index (κ2) is 15.7. The van der Waals surface area contributed by atoms with Crippen LogP contribution >= 0.6 is 13.5 Å². The van der Waals surface area contributed by atoms with Crippen molar-refractivity contribution < 1.29 is 9.90 Å². The average Bonchev–Trinajstić information content (AvgIpc) is 1.65. The summed E-state index contributed by atoms with van der Waals surface area (Å²) in [6.07, 6.45) is 0.500. The lowest BCUT2D eigenvalue weighted by Gasteiger charge is -1.90. The maximum atomic E-state index is 9.45. The zero-order valence-electron chi connectivity index (χ0n) is 3.79. The fourth-order valence-corrected chi connectivity index (χ4v) is 0.0430. The minimum absolute atomic E-state index is 0. The van der Waals surface area contributed by atoms with Gasteiger partial charge in [-0.3, -0.25) is 0 Å². The zero-order chi connectivity index (χ0) is 4.99. The van der Waals surface area contributed by atoms with E-state index in [4.69, 9.17) is 10.8 Å². The third-order valence-corrected chi connectivity index (χ3v) is 0.386. The Balaban J connectivity index is -0.0000000417. The standard InChI is InChI=1S/C3H7NO2.2CH4.H2S/c4-3(1-5)2-6;;;/h1,3,6H,2,4H2;2*1H4;1H2/t3-;;;/m1.../s1. The van der Waals surface area contributed by atoms with Crippen molar-refractivity contribution in [1.29, 1.82) is 0 Å². The number of aldehydes is 1. The van der Waals surface area contributed by atoms with E-state index < -0.39 is 6.04 Å². The summed E-state index contributed by atoms with van der Waals surface area (Å²) in [7, 11) is 0. The van der Waals surface area contributed by atoms with Crippen molar-refractivity contribution in [3.63, 3.8) is 0 Å². The van der Waals surface area contributed by atoms with Gasteiger partial charge >= 0.3 is 0 Å². The van der Waals surface area contributed by atoms with Crippen LogP contribution in [0.2, 0.25) is 0 Å². The highest BCUT2D eigenvalue weighted by molar-refractivity contribution is 7.59. The number of nitrogens with two attached hydrogens (primary N) is 1. The number of hydrogen-bond donors (Lipinski definition) is 2. The van der Waals surface area contributed by atoms with E-state index >= 15 is 0 Å². The number of aliphatic hydroxyl groups is 1. The molecule has 3 nitrogen and oxygen atoms in total. The van der Waals surface area contributed by atoms with E-state index in [-0.39, 0.29) is 35.0 Å². The van der Waals surface area contributed by atoms with Crippen LogP contribution in [-0.2, 0) is 4.79 Å². The van der Waals surface area contributed by atoms with Crippen LogP contribution in [0.1, 0.15) is 14.9 Å². The smallest absolute Gasteiger partial charge is 0.139 e. The Labute approximate surface area is 63.7 Å². The Kier molecular flexibility index (Phi) is 40.2. The summed E-state index contributed by atoms with van der Waals surface area (Å²) in [6, 6.07) is -0.690.